The fourth-order valence-electron chi connectivity index (χ4n) is 6.61. The lowest BCUT2D eigenvalue weighted by molar-refractivity contribution is -0.103. The fourth-order valence-corrected chi connectivity index (χ4v) is 8.83. The molecule has 3 rings (SSSR count). The number of hydrogen-bond acceptors (Lipinski definition) is 3. The quantitative estimate of drug-likeness (QED) is 0.732. The molecule has 3 aliphatic rings. The molecule has 2 aliphatic carbocycles. The molecule has 3 nitrogen and oxygen atoms in total. The maximum Gasteiger partial charge on any atom is 0.271 e. The van der Waals surface area contributed by atoms with E-state index in [9.17, 15) is 8.42 Å². The third-order valence-electron chi connectivity index (χ3n) is 6.71. The highest BCUT2D eigenvalue weighted by Gasteiger charge is 2.81. The first kappa shape index (κ1) is 13.9. The van der Waals surface area contributed by atoms with Gasteiger partial charge in [0.25, 0.3) is 10.1 Å². The van der Waals surface area contributed by atoms with Gasteiger partial charge in [0.05, 0.1) is 11.4 Å². The molecular weight excluding hydrogens is 260 g/mol. The SMILES string of the molecule is CC(C)C1(C(C)C)C2OS(=O)(=O)C3CC1(C)CC23C. The second-order valence-corrected chi connectivity index (χ2v) is 9.89. The molecule has 0 aromatic rings. The van der Waals surface area contributed by atoms with Crippen LogP contribution in [0.25, 0.3) is 0 Å². The summed E-state index contributed by atoms with van der Waals surface area (Å²) in [6, 6.07) is 0. The van der Waals surface area contributed by atoms with E-state index >= 15 is 0 Å². The van der Waals surface area contributed by atoms with E-state index in [0.29, 0.717) is 11.8 Å². The Labute approximate surface area is 117 Å². The summed E-state index contributed by atoms with van der Waals surface area (Å²) in [6.07, 6.45) is 1.64. The van der Waals surface area contributed by atoms with Gasteiger partial charge in [-0.15, -0.1) is 0 Å². The molecule has 4 unspecified atom stereocenters. The van der Waals surface area contributed by atoms with E-state index in [1.807, 2.05) is 0 Å². The largest absolute Gasteiger partial charge is 0.271 e. The fraction of sp³-hybridized carbons (Fsp3) is 1.00. The number of fused-ring (bicyclic) bond motifs is 1. The van der Waals surface area contributed by atoms with E-state index in [-0.39, 0.29) is 27.6 Å². The van der Waals surface area contributed by atoms with Crippen molar-refractivity contribution < 1.29 is 12.6 Å². The van der Waals surface area contributed by atoms with Crippen LogP contribution in [0.4, 0.5) is 0 Å². The Hall–Kier alpha value is -0.0900. The van der Waals surface area contributed by atoms with Crippen LogP contribution in [0.5, 0.6) is 0 Å². The summed E-state index contributed by atoms with van der Waals surface area (Å²) in [5, 5.41) is -0.277. The molecule has 4 atom stereocenters. The van der Waals surface area contributed by atoms with E-state index in [1.54, 1.807) is 0 Å². The summed E-state index contributed by atoms with van der Waals surface area (Å²) >= 11 is 0. The highest BCUT2D eigenvalue weighted by molar-refractivity contribution is 7.87. The van der Waals surface area contributed by atoms with Crippen molar-refractivity contribution in [2.45, 2.75) is 65.7 Å². The Balaban J connectivity index is 2.27. The molecule has 0 amide bonds. The molecule has 1 aliphatic heterocycles. The minimum Gasteiger partial charge on any atom is -0.265 e. The zero-order chi connectivity index (χ0) is 14.4. The van der Waals surface area contributed by atoms with Crippen LogP contribution in [-0.2, 0) is 14.3 Å². The molecule has 0 spiro atoms. The van der Waals surface area contributed by atoms with Crippen molar-refractivity contribution in [1.82, 2.24) is 0 Å². The first-order valence-electron chi connectivity index (χ1n) is 7.44. The third-order valence-corrected chi connectivity index (χ3v) is 8.57. The predicted octanol–water partition coefficient (Wildman–Crippen LogP) is 3.20. The summed E-state index contributed by atoms with van der Waals surface area (Å²) in [5.41, 5.74) is -0.118. The van der Waals surface area contributed by atoms with Gasteiger partial charge in [0, 0.05) is 10.8 Å². The van der Waals surface area contributed by atoms with Gasteiger partial charge in [-0.25, -0.2) is 0 Å². The van der Waals surface area contributed by atoms with Gasteiger partial charge in [0.15, 0.2) is 0 Å². The standard InChI is InChI=1S/C15H26O3S/c1-9(2)15(10(3)4)12-14(6)8-13(15,5)7-11(14)19(16,17)18-12/h9-12H,7-8H2,1-6H3. The molecule has 0 aromatic heterocycles. The summed E-state index contributed by atoms with van der Waals surface area (Å²) in [6.45, 7) is 13.4. The van der Waals surface area contributed by atoms with Crippen molar-refractivity contribution in [2.24, 2.45) is 28.1 Å². The first-order valence-corrected chi connectivity index (χ1v) is 8.91. The van der Waals surface area contributed by atoms with Crippen molar-refractivity contribution >= 4 is 10.1 Å². The molecule has 2 saturated carbocycles. The summed E-state index contributed by atoms with van der Waals surface area (Å²) in [7, 11) is -3.37. The minimum absolute atomic E-state index is 0.0260. The molecule has 3 fully saturated rings. The van der Waals surface area contributed by atoms with Crippen molar-refractivity contribution in [1.29, 1.82) is 0 Å². The van der Waals surface area contributed by atoms with Crippen LogP contribution in [0.15, 0.2) is 0 Å². The summed E-state index contributed by atoms with van der Waals surface area (Å²) in [5.74, 6) is 0.858. The highest BCUT2D eigenvalue weighted by atomic mass is 32.2. The molecule has 0 radical (unpaired) electrons. The van der Waals surface area contributed by atoms with Gasteiger partial charge in [0.2, 0.25) is 0 Å². The van der Waals surface area contributed by atoms with Gasteiger partial charge >= 0.3 is 0 Å². The van der Waals surface area contributed by atoms with Crippen LogP contribution in [0.2, 0.25) is 0 Å². The molecule has 0 aromatic carbocycles. The topological polar surface area (TPSA) is 43.4 Å². The first-order chi connectivity index (χ1) is 8.52. The van der Waals surface area contributed by atoms with Crippen LogP contribution >= 0.6 is 0 Å². The lowest BCUT2D eigenvalue weighted by Crippen LogP contribution is -2.55. The summed E-state index contributed by atoms with van der Waals surface area (Å²) in [4.78, 5) is 0. The maximum absolute atomic E-state index is 12.3. The molecule has 19 heavy (non-hydrogen) atoms. The van der Waals surface area contributed by atoms with E-state index in [0.717, 1.165) is 12.8 Å². The van der Waals surface area contributed by atoms with E-state index < -0.39 is 10.1 Å². The third kappa shape index (κ3) is 1.22. The predicted molar refractivity (Wildman–Crippen MR) is 75.1 cm³/mol. The average Bonchev–Trinajstić information content (AvgIpc) is 2.63. The number of rotatable bonds is 2. The zero-order valence-corrected chi connectivity index (χ0v) is 13.7. The van der Waals surface area contributed by atoms with E-state index in [4.69, 9.17) is 4.18 Å². The van der Waals surface area contributed by atoms with Crippen LogP contribution in [0, 0.1) is 28.1 Å². The second kappa shape index (κ2) is 3.38. The molecule has 1 saturated heterocycles. The van der Waals surface area contributed by atoms with Gasteiger partial charge in [-0.05, 0) is 30.1 Å². The Morgan fingerprint density at radius 3 is 2.11 bits per heavy atom. The molecule has 2 bridgehead atoms. The minimum atomic E-state index is -3.37. The zero-order valence-electron chi connectivity index (χ0n) is 12.9. The highest BCUT2D eigenvalue weighted by Crippen LogP contribution is 2.78. The van der Waals surface area contributed by atoms with E-state index in [1.165, 1.54) is 0 Å². The monoisotopic (exact) mass is 286 g/mol. The Kier molecular flexibility index (Phi) is 2.47. The van der Waals surface area contributed by atoms with Crippen molar-refractivity contribution in [3.05, 3.63) is 0 Å². The number of hydrogen-bond donors (Lipinski definition) is 0. The van der Waals surface area contributed by atoms with Crippen molar-refractivity contribution in [3.63, 3.8) is 0 Å². The van der Waals surface area contributed by atoms with Crippen molar-refractivity contribution in [3.8, 4) is 0 Å². The van der Waals surface area contributed by atoms with E-state index in [2.05, 4.69) is 41.5 Å². The van der Waals surface area contributed by atoms with Gasteiger partial charge in [-0.2, -0.15) is 8.42 Å². The van der Waals surface area contributed by atoms with Crippen molar-refractivity contribution in [2.75, 3.05) is 0 Å². The Morgan fingerprint density at radius 2 is 1.63 bits per heavy atom. The van der Waals surface area contributed by atoms with Crippen LogP contribution in [0.3, 0.4) is 0 Å². The molecule has 4 heteroatoms. The second-order valence-electron chi connectivity index (χ2n) is 8.15. The molecule has 1 heterocycles. The van der Waals surface area contributed by atoms with Crippen LogP contribution in [-0.4, -0.2) is 19.8 Å². The van der Waals surface area contributed by atoms with Gasteiger partial charge in [-0.3, -0.25) is 4.18 Å². The summed E-state index contributed by atoms with van der Waals surface area (Å²) < 4.78 is 30.4. The molecular formula is C15H26O3S. The average molecular weight is 286 g/mol. The lowest BCUT2D eigenvalue weighted by Gasteiger charge is -2.53. The lowest BCUT2D eigenvalue weighted by atomic mass is 9.51. The van der Waals surface area contributed by atoms with Gasteiger partial charge in [-0.1, -0.05) is 41.5 Å². The normalized spacial score (nSPS) is 49.5. The van der Waals surface area contributed by atoms with Crippen LogP contribution in [0.1, 0.15) is 54.4 Å². The molecule has 0 N–H and O–H groups in total. The van der Waals surface area contributed by atoms with Gasteiger partial charge < -0.3 is 0 Å². The Morgan fingerprint density at radius 1 is 1.11 bits per heavy atom. The maximum atomic E-state index is 12.3. The molecule has 110 valence electrons. The van der Waals surface area contributed by atoms with Crippen LogP contribution < -0.4 is 0 Å². The van der Waals surface area contributed by atoms with Gasteiger partial charge in [0.1, 0.15) is 0 Å². The Bertz CT molecular complexity index is 514. The smallest absolute Gasteiger partial charge is 0.265 e.